The summed E-state index contributed by atoms with van der Waals surface area (Å²) in [6.07, 6.45) is 6.44. The molecule has 20 heavy (non-hydrogen) atoms. The number of amides is 1. The van der Waals surface area contributed by atoms with Gasteiger partial charge in [0.05, 0.1) is 0 Å². The Morgan fingerprint density at radius 3 is 2.70 bits per heavy atom. The highest BCUT2D eigenvalue weighted by Gasteiger charge is 2.41. The summed E-state index contributed by atoms with van der Waals surface area (Å²) in [6.45, 7) is 2.01. The third-order valence-electron chi connectivity index (χ3n) is 4.77. The van der Waals surface area contributed by atoms with Gasteiger partial charge in [-0.3, -0.25) is 4.79 Å². The number of nitrogens with one attached hydrogen (secondary N) is 1. The van der Waals surface area contributed by atoms with E-state index in [0.717, 1.165) is 32.1 Å². The van der Waals surface area contributed by atoms with Crippen LogP contribution in [0.4, 0.5) is 0 Å². The average Bonchev–Trinajstić information content (AvgIpc) is 3.13. The van der Waals surface area contributed by atoms with Crippen LogP contribution < -0.4 is 11.1 Å². The molecular formula is C17H24N2O. The molecule has 0 spiro atoms. The fraction of sp³-hybridized carbons (Fsp3) is 0.588. The highest BCUT2D eigenvalue weighted by atomic mass is 16.1. The van der Waals surface area contributed by atoms with E-state index < -0.39 is 0 Å². The van der Waals surface area contributed by atoms with Crippen LogP contribution in [-0.4, -0.2) is 11.9 Å². The number of rotatable bonds is 5. The molecule has 1 unspecified atom stereocenters. The van der Waals surface area contributed by atoms with Crippen molar-refractivity contribution >= 4 is 5.91 Å². The van der Waals surface area contributed by atoms with Gasteiger partial charge in [0.15, 0.2) is 0 Å². The minimum absolute atomic E-state index is 0.0131. The summed E-state index contributed by atoms with van der Waals surface area (Å²) in [5.74, 6) is 0.200. The van der Waals surface area contributed by atoms with Crippen LogP contribution in [0.15, 0.2) is 24.3 Å². The number of carbonyl (C=O) groups excluding carboxylic acids is 1. The van der Waals surface area contributed by atoms with Crippen molar-refractivity contribution < 1.29 is 4.79 Å². The minimum atomic E-state index is -0.124. The van der Waals surface area contributed by atoms with Crippen molar-refractivity contribution in [3.05, 3.63) is 35.4 Å². The van der Waals surface area contributed by atoms with Crippen molar-refractivity contribution in [3.63, 3.8) is 0 Å². The van der Waals surface area contributed by atoms with E-state index in [4.69, 9.17) is 5.73 Å². The van der Waals surface area contributed by atoms with Crippen molar-refractivity contribution in [1.82, 2.24) is 5.32 Å². The summed E-state index contributed by atoms with van der Waals surface area (Å²) in [6, 6.07) is 8.75. The van der Waals surface area contributed by atoms with Crippen LogP contribution in [0.2, 0.25) is 0 Å². The largest absolute Gasteiger partial charge is 0.353 e. The van der Waals surface area contributed by atoms with Gasteiger partial charge in [0.25, 0.3) is 0 Å². The lowest BCUT2D eigenvalue weighted by atomic mass is 9.90. The first-order chi connectivity index (χ1) is 9.58. The molecule has 3 nitrogen and oxygen atoms in total. The zero-order chi connectivity index (χ0) is 14.2. The molecule has 0 aromatic heterocycles. The van der Waals surface area contributed by atoms with E-state index >= 15 is 0 Å². The van der Waals surface area contributed by atoms with Gasteiger partial charge in [0.1, 0.15) is 0 Å². The summed E-state index contributed by atoms with van der Waals surface area (Å²) in [4.78, 5) is 12.2. The van der Waals surface area contributed by atoms with Crippen LogP contribution in [-0.2, 0) is 16.8 Å². The van der Waals surface area contributed by atoms with Gasteiger partial charge >= 0.3 is 0 Å². The molecule has 1 amide bonds. The van der Waals surface area contributed by atoms with Gasteiger partial charge in [0, 0.05) is 17.5 Å². The standard InChI is InChI=1S/C17H24N2O/c1-12(16(20)19-14-6-4-7-14)11-13-5-2-3-8-15(13)17(18)9-10-17/h2-3,5,8,12,14H,4,6-7,9-11,18H2,1H3,(H,19,20). The average molecular weight is 272 g/mol. The van der Waals surface area contributed by atoms with Crippen LogP contribution in [0.5, 0.6) is 0 Å². The summed E-state index contributed by atoms with van der Waals surface area (Å²) >= 11 is 0. The van der Waals surface area contributed by atoms with Crippen LogP contribution >= 0.6 is 0 Å². The minimum Gasteiger partial charge on any atom is -0.353 e. The van der Waals surface area contributed by atoms with Gasteiger partial charge in [-0.1, -0.05) is 31.2 Å². The van der Waals surface area contributed by atoms with Crippen molar-refractivity contribution in [2.45, 2.75) is 57.0 Å². The Hall–Kier alpha value is -1.35. The Bertz CT molecular complexity index is 503. The molecule has 0 radical (unpaired) electrons. The Labute approximate surface area is 120 Å². The first-order valence-electron chi connectivity index (χ1n) is 7.76. The number of hydrogen-bond acceptors (Lipinski definition) is 2. The second-order valence-corrected chi connectivity index (χ2v) is 6.55. The molecule has 0 bridgehead atoms. The molecule has 2 aliphatic carbocycles. The highest BCUT2D eigenvalue weighted by molar-refractivity contribution is 5.79. The normalized spacial score (nSPS) is 21.9. The molecule has 3 heteroatoms. The van der Waals surface area contributed by atoms with Gasteiger partial charge in [-0.25, -0.2) is 0 Å². The van der Waals surface area contributed by atoms with Crippen molar-refractivity contribution in [2.24, 2.45) is 11.7 Å². The van der Waals surface area contributed by atoms with Crippen molar-refractivity contribution in [2.75, 3.05) is 0 Å². The predicted molar refractivity (Wildman–Crippen MR) is 80.2 cm³/mol. The summed E-state index contributed by atoms with van der Waals surface area (Å²) in [5.41, 5.74) is 8.69. The first kappa shape index (κ1) is 13.6. The molecule has 0 aliphatic heterocycles. The summed E-state index contributed by atoms with van der Waals surface area (Å²) < 4.78 is 0. The van der Waals surface area contributed by atoms with Crippen LogP contribution in [0.25, 0.3) is 0 Å². The van der Waals surface area contributed by atoms with E-state index in [0.29, 0.717) is 6.04 Å². The van der Waals surface area contributed by atoms with Crippen molar-refractivity contribution in [1.29, 1.82) is 0 Å². The maximum Gasteiger partial charge on any atom is 0.223 e. The lowest BCUT2D eigenvalue weighted by Crippen LogP contribution is -2.42. The second-order valence-electron chi connectivity index (χ2n) is 6.55. The van der Waals surface area contributed by atoms with Crippen LogP contribution in [0.1, 0.15) is 50.2 Å². The predicted octanol–water partition coefficient (Wildman–Crippen LogP) is 2.48. The molecule has 1 aromatic rings. The maximum atomic E-state index is 12.2. The molecule has 2 aliphatic rings. The molecule has 2 saturated carbocycles. The summed E-state index contributed by atoms with van der Waals surface area (Å²) in [7, 11) is 0. The molecule has 0 saturated heterocycles. The maximum absolute atomic E-state index is 12.2. The summed E-state index contributed by atoms with van der Waals surface area (Å²) in [5, 5.41) is 3.14. The lowest BCUT2D eigenvalue weighted by molar-refractivity contribution is -0.125. The molecule has 108 valence electrons. The Kier molecular flexibility index (Phi) is 3.55. The monoisotopic (exact) mass is 272 g/mol. The zero-order valence-corrected chi connectivity index (χ0v) is 12.2. The van der Waals surface area contributed by atoms with Gasteiger partial charge < -0.3 is 11.1 Å². The Morgan fingerprint density at radius 1 is 1.40 bits per heavy atom. The van der Waals surface area contributed by atoms with E-state index in [1.807, 2.05) is 19.1 Å². The van der Waals surface area contributed by atoms with E-state index in [2.05, 4.69) is 17.4 Å². The third-order valence-corrected chi connectivity index (χ3v) is 4.77. The third kappa shape index (κ3) is 2.73. The molecule has 2 fully saturated rings. The first-order valence-corrected chi connectivity index (χ1v) is 7.76. The van der Waals surface area contributed by atoms with E-state index in [-0.39, 0.29) is 17.4 Å². The molecular weight excluding hydrogens is 248 g/mol. The van der Waals surface area contributed by atoms with Gasteiger partial charge in [-0.15, -0.1) is 0 Å². The van der Waals surface area contributed by atoms with Gasteiger partial charge in [-0.05, 0) is 49.7 Å². The van der Waals surface area contributed by atoms with Crippen molar-refractivity contribution in [3.8, 4) is 0 Å². The van der Waals surface area contributed by atoms with Gasteiger partial charge in [-0.2, -0.15) is 0 Å². The van der Waals surface area contributed by atoms with E-state index in [9.17, 15) is 4.79 Å². The van der Waals surface area contributed by atoms with E-state index in [1.165, 1.54) is 17.5 Å². The SMILES string of the molecule is CC(Cc1ccccc1C1(N)CC1)C(=O)NC1CCC1. The topological polar surface area (TPSA) is 55.1 Å². The fourth-order valence-electron chi connectivity index (χ4n) is 2.91. The lowest BCUT2D eigenvalue weighted by Gasteiger charge is -2.28. The number of carbonyl (C=O) groups is 1. The quantitative estimate of drug-likeness (QED) is 0.865. The molecule has 1 atom stereocenters. The molecule has 3 rings (SSSR count). The zero-order valence-electron chi connectivity index (χ0n) is 12.2. The van der Waals surface area contributed by atoms with E-state index in [1.54, 1.807) is 0 Å². The van der Waals surface area contributed by atoms with Crippen LogP contribution in [0, 0.1) is 5.92 Å². The molecule has 3 N–H and O–H groups in total. The number of benzene rings is 1. The van der Waals surface area contributed by atoms with Crippen LogP contribution in [0.3, 0.4) is 0 Å². The Morgan fingerprint density at radius 2 is 2.10 bits per heavy atom. The van der Waals surface area contributed by atoms with Gasteiger partial charge in [0.2, 0.25) is 5.91 Å². The molecule has 0 heterocycles. The Balaban J connectivity index is 1.66. The highest BCUT2D eigenvalue weighted by Crippen LogP contribution is 2.44. The second kappa shape index (κ2) is 5.21. The number of nitrogens with two attached hydrogens (primary N) is 1. The molecule has 1 aromatic carbocycles. The fourth-order valence-corrected chi connectivity index (χ4v) is 2.91. The smallest absolute Gasteiger partial charge is 0.223 e. The number of hydrogen-bond donors (Lipinski definition) is 2.